The lowest BCUT2D eigenvalue weighted by atomic mass is 10.1. The van der Waals surface area contributed by atoms with Gasteiger partial charge in [0.15, 0.2) is 0 Å². The SMILES string of the molecule is COc1ccc(-c2nnc(NC(=O)Cc3ccc(OC)c(C)c3)s2)cc1. The normalized spacial score (nSPS) is 10.4. The minimum absolute atomic E-state index is 0.132. The second kappa shape index (κ2) is 7.97. The second-order valence-corrected chi connectivity index (χ2v) is 6.65. The molecule has 0 bridgehead atoms. The monoisotopic (exact) mass is 369 g/mol. The van der Waals surface area contributed by atoms with Crippen LogP contribution in [-0.4, -0.2) is 30.3 Å². The fourth-order valence-corrected chi connectivity index (χ4v) is 3.29. The van der Waals surface area contributed by atoms with Crippen LogP contribution in [0.1, 0.15) is 11.1 Å². The van der Waals surface area contributed by atoms with Gasteiger partial charge in [-0.25, -0.2) is 0 Å². The summed E-state index contributed by atoms with van der Waals surface area (Å²) in [6.45, 7) is 1.95. The van der Waals surface area contributed by atoms with Crippen molar-refractivity contribution in [1.29, 1.82) is 0 Å². The average Bonchev–Trinajstić information content (AvgIpc) is 3.10. The first-order chi connectivity index (χ1) is 12.6. The van der Waals surface area contributed by atoms with Gasteiger partial charge in [-0.05, 0) is 48.4 Å². The first kappa shape index (κ1) is 17.9. The van der Waals surface area contributed by atoms with E-state index in [4.69, 9.17) is 9.47 Å². The van der Waals surface area contributed by atoms with E-state index in [9.17, 15) is 4.79 Å². The van der Waals surface area contributed by atoms with Gasteiger partial charge in [0.05, 0.1) is 20.6 Å². The van der Waals surface area contributed by atoms with Crippen LogP contribution in [0.4, 0.5) is 5.13 Å². The van der Waals surface area contributed by atoms with Crippen LogP contribution in [0.2, 0.25) is 0 Å². The lowest BCUT2D eigenvalue weighted by molar-refractivity contribution is -0.115. The molecule has 1 aromatic heterocycles. The molecule has 1 heterocycles. The summed E-state index contributed by atoms with van der Waals surface area (Å²) in [4.78, 5) is 12.3. The minimum Gasteiger partial charge on any atom is -0.497 e. The largest absolute Gasteiger partial charge is 0.497 e. The van der Waals surface area contributed by atoms with Gasteiger partial charge in [-0.15, -0.1) is 10.2 Å². The number of benzene rings is 2. The third kappa shape index (κ3) is 4.18. The maximum Gasteiger partial charge on any atom is 0.230 e. The Bertz CT molecular complexity index is 907. The molecule has 3 rings (SSSR count). The van der Waals surface area contributed by atoms with Gasteiger partial charge < -0.3 is 14.8 Å². The van der Waals surface area contributed by atoms with Crippen LogP contribution < -0.4 is 14.8 Å². The number of aromatic nitrogens is 2. The third-order valence-electron chi connectivity index (χ3n) is 3.83. The number of carbonyl (C=O) groups excluding carboxylic acids is 1. The number of nitrogens with one attached hydrogen (secondary N) is 1. The number of amides is 1. The van der Waals surface area contributed by atoms with Crippen molar-refractivity contribution < 1.29 is 14.3 Å². The molecule has 0 spiro atoms. The Labute approximate surface area is 155 Å². The van der Waals surface area contributed by atoms with Crippen LogP contribution in [0, 0.1) is 6.92 Å². The molecule has 0 aliphatic heterocycles. The summed E-state index contributed by atoms with van der Waals surface area (Å²) in [5, 5.41) is 12.2. The van der Waals surface area contributed by atoms with E-state index in [0.29, 0.717) is 5.13 Å². The predicted octanol–water partition coefficient (Wildman–Crippen LogP) is 3.71. The zero-order chi connectivity index (χ0) is 18.5. The smallest absolute Gasteiger partial charge is 0.230 e. The highest BCUT2D eigenvalue weighted by atomic mass is 32.1. The van der Waals surface area contributed by atoms with E-state index in [1.807, 2.05) is 49.4 Å². The van der Waals surface area contributed by atoms with Crippen LogP contribution in [0.3, 0.4) is 0 Å². The number of rotatable bonds is 6. The summed E-state index contributed by atoms with van der Waals surface area (Å²) < 4.78 is 10.4. The van der Waals surface area contributed by atoms with Crippen molar-refractivity contribution in [2.45, 2.75) is 13.3 Å². The molecule has 0 atom stereocenters. The fraction of sp³-hybridized carbons (Fsp3) is 0.211. The van der Waals surface area contributed by atoms with Crippen LogP contribution >= 0.6 is 11.3 Å². The molecular weight excluding hydrogens is 350 g/mol. The Morgan fingerprint density at radius 2 is 1.85 bits per heavy atom. The standard InChI is InChI=1S/C19H19N3O3S/c1-12-10-13(4-9-16(12)25-3)11-17(23)20-19-22-21-18(26-19)14-5-7-15(24-2)8-6-14/h4-10H,11H2,1-3H3,(H,20,22,23). The molecule has 3 aromatic rings. The van der Waals surface area contributed by atoms with Crippen LogP contribution in [0.15, 0.2) is 42.5 Å². The molecule has 0 saturated heterocycles. The highest BCUT2D eigenvalue weighted by Gasteiger charge is 2.11. The van der Waals surface area contributed by atoms with Gasteiger partial charge in [-0.2, -0.15) is 0 Å². The van der Waals surface area contributed by atoms with Gasteiger partial charge in [0.1, 0.15) is 16.5 Å². The van der Waals surface area contributed by atoms with Crippen molar-refractivity contribution in [3.63, 3.8) is 0 Å². The Balaban J connectivity index is 1.64. The molecular formula is C19H19N3O3S. The summed E-state index contributed by atoms with van der Waals surface area (Å²) in [6.07, 6.45) is 0.266. The second-order valence-electron chi connectivity index (χ2n) is 5.67. The van der Waals surface area contributed by atoms with E-state index >= 15 is 0 Å². The summed E-state index contributed by atoms with van der Waals surface area (Å²) in [5.41, 5.74) is 2.84. The van der Waals surface area contributed by atoms with Crippen molar-refractivity contribution in [3.05, 3.63) is 53.6 Å². The van der Waals surface area contributed by atoms with Crippen molar-refractivity contribution >= 4 is 22.4 Å². The van der Waals surface area contributed by atoms with E-state index < -0.39 is 0 Å². The van der Waals surface area contributed by atoms with Crippen molar-refractivity contribution in [3.8, 4) is 22.1 Å². The number of nitrogens with zero attached hydrogens (tertiary/aromatic N) is 2. The number of methoxy groups -OCH3 is 2. The quantitative estimate of drug-likeness (QED) is 0.717. The number of hydrogen-bond donors (Lipinski definition) is 1. The van der Waals surface area contributed by atoms with E-state index in [1.165, 1.54) is 11.3 Å². The number of anilines is 1. The number of ether oxygens (including phenoxy) is 2. The maximum atomic E-state index is 12.3. The Morgan fingerprint density at radius 1 is 1.08 bits per heavy atom. The fourth-order valence-electron chi connectivity index (χ4n) is 2.52. The molecule has 134 valence electrons. The molecule has 26 heavy (non-hydrogen) atoms. The van der Waals surface area contributed by atoms with Crippen molar-refractivity contribution in [1.82, 2.24) is 10.2 Å². The molecule has 7 heteroatoms. The summed E-state index contributed by atoms with van der Waals surface area (Å²) in [7, 11) is 3.25. The van der Waals surface area contributed by atoms with E-state index in [-0.39, 0.29) is 12.3 Å². The van der Waals surface area contributed by atoms with Crippen molar-refractivity contribution in [2.24, 2.45) is 0 Å². The number of hydrogen-bond acceptors (Lipinski definition) is 6. The molecule has 0 unspecified atom stereocenters. The molecule has 2 aromatic carbocycles. The van der Waals surface area contributed by atoms with E-state index in [2.05, 4.69) is 15.5 Å². The highest BCUT2D eigenvalue weighted by Crippen LogP contribution is 2.28. The molecule has 6 nitrogen and oxygen atoms in total. The third-order valence-corrected chi connectivity index (χ3v) is 4.72. The van der Waals surface area contributed by atoms with E-state index in [1.54, 1.807) is 14.2 Å². The zero-order valence-corrected chi connectivity index (χ0v) is 15.6. The minimum atomic E-state index is -0.132. The highest BCUT2D eigenvalue weighted by molar-refractivity contribution is 7.18. The molecule has 1 amide bonds. The van der Waals surface area contributed by atoms with Gasteiger partial charge in [0.25, 0.3) is 0 Å². The van der Waals surface area contributed by atoms with Gasteiger partial charge in [0.2, 0.25) is 11.0 Å². The summed E-state index contributed by atoms with van der Waals surface area (Å²) in [5.74, 6) is 1.45. The molecule has 0 radical (unpaired) electrons. The average molecular weight is 369 g/mol. The lowest BCUT2D eigenvalue weighted by Gasteiger charge is -2.07. The zero-order valence-electron chi connectivity index (χ0n) is 14.8. The van der Waals surface area contributed by atoms with E-state index in [0.717, 1.165) is 33.2 Å². The number of carbonyl (C=O) groups is 1. The molecule has 0 fully saturated rings. The van der Waals surface area contributed by atoms with Crippen LogP contribution in [0.5, 0.6) is 11.5 Å². The first-order valence-electron chi connectivity index (χ1n) is 8.00. The topological polar surface area (TPSA) is 73.3 Å². The maximum absolute atomic E-state index is 12.3. The van der Waals surface area contributed by atoms with Gasteiger partial charge in [0, 0.05) is 5.56 Å². The molecule has 0 saturated carbocycles. The number of aryl methyl sites for hydroxylation is 1. The lowest BCUT2D eigenvalue weighted by Crippen LogP contribution is -2.14. The Kier molecular flexibility index (Phi) is 5.48. The van der Waals surface area contributed by atoms with Crippen LogP contribution in [0.25, 0.3) is 10.6 Å². The van der Waals surface area contributed by atoms with Gasteiger partial charge in [-0.1, -0.05) is 23.5 Å². The Morgan fingerprint density at radius 3 is 2.50 bits per heavy atom. The molecule has 1 N–H and O–H groups in total. The summed E-state index contributed by atoms with van der Waals surface area (Å²) in [6, 6.07) is 13.2. The molecule has 0 aliphatic rings. The van der Waals surface area contributed by atoms with Gasteiger partial charge in [-0.3, -0.25) is 4.79 Å². The molecule has 0 aliphatic carbocycles. The first-order valence-corrected chi connectivity index (χ1v) is 8.82. The van der Waals surface area contributed by atoms with Gasteiger partial charge >= 0.3 is 0 Å². The van der Waals surface area contributed by atoms with Crippen molar-refractivity contribution in [2.75, 3.05) is 19.5 Å². The summed E-state index contributed by atoms with van der Waals surface area (Å²) >= 11 is 1.33. The predicted molar refractivity (Wildman–Crippen MR) is 102 cm³/mol. The Hall–Kier alpha value is -2.93. The van der Waals surface area contributed by atoms with Crippen LogP contribution in [-0.2, 0) is 11.2 Å².